The number of nitrogens with one attached hydrogen (secondary N) is 2. The van der Waals surface area contributed by atoms with Crippen LogP contribution in [-0.2, 0) is 21.2 Å². The Kier molecular flexibility index (Phi) is 9.07. The van der Waals surface area contributed by atoms with Gasteiger partial charge in [-0.25, -0.2) is 8.42 Å². The van der Waals surface area contributed by atoms with Gasteiger partial charge >= 0.3 is 0 Å². The van der Waals surface area contributed by atoms with Gasteiger partial charge in [-0.15, -0.1) is 0 Å². The molecule has 0 unspecified atom stereocenters. The summed E-state index contributed by atoms with van der Waals surface area (Å²) >= 11 is 0. The zero-order valence-electron chi connectivity index (χ0n) is 21.3. The maximum atomic E-state index is 13.2. The summed E-state index contributed by atoms with van der Waals surface area (Å²) in [5.74, 6) is 1.95. The van der Waals surface area contributed by atoms with E-state index in [1.54, 1.807) is 42.5 Å². The van der Waals surface area contributed by atoms with Crippen LogP contribution in [0.25, 0.3) is 0 Å². The molecule has 0 aliphatic heterocycles. The second kappa shape index (κ2) is 12.2. The summed E-state index contributed by atoms with van der Waals surface area (Å²) in [6.07, 6.45) is 0.431. The topological polar surface area (TPSA) is 121 Å². The molecule has 0 fully saturated rings. The van der Waals surface area contributed by atoms with Gasteiger partial charge in [-0.1, -0.05) is 0 Å². The van der Waals surface area contributed by atoms with Gasteiger partial charge in [0.1, 0.15) is 16.4 Å². The Bertz CT molecular complexity index is 1320. The lowest BCUT2D eigenvalue weighted by atomic mass is 10.1. The molecule has 3 aromatic rings. The summed E-state index contributed by atoms with van der Waals surface area (Å²) in [5.41, 5.74) is 1.24. The van der Waals surface area contributed by atoms with E-state index in [-0.39, 0.29) is 22.9 Å². The van der Waals surface area contributed by atoms with Crippen LogP contribution in [-0.4, -0.2) is 49.9 Å². The van der Waals surface area contributed by atoms with Gasteiger partial charge in [0.25, 0.3) is 10.0 Å². The number of hydrogen-bond acceptors (Lipinski definition) is 8. The van der Waals surface area contributed by atoms with Crippen LogP contribution in [0, 0.1) is 0 Å². The van der Waals surface area contributed by atoms with Crippen LogP contribution in [0.3, 0.4) is 0 Å². The van der Waals surface area contributed by atoms with E-state index < -0.39 is 10.0 Å². The van der Waals surface area contributed by atoms with Gasteiger partial charge in [0.05, 0.1) is 41.2 Å². The number of carbonyl (C=O) groups excluding carboxylic acids is 1. The van der Waals surface area contributed by atoms with Crippen molar-refractivity contribution in [2.24, 2.45) is 0 Å². The highest BCUT2D eigenvalue weighted by atomic mass is 32.2. The lowest BCUT2D eigenvalue weighted by Crippen LogP contribution is -2.19. The minimum atomic E-state index is -4.07. The number of aryl methyl sites for hydroxylation is 1. The molecular formula is C26H30N2O8S. The number of anilines is 2. The fourth-order valence-electron chi connectivity index (χ4n) is 3.57. The number of ether oxygens (including phenoxy) is 5. The third-order valence-corrected chi connectivity index (χ3v) is 6.88. The second-order valence-corrected chi connectivity index (χ2v) is 9.43. The van der Waals surface area contributed by atoms with Crippen molar-refractivity contribution in [1.29, 1.82) is 0 Å². The molecule has 0 aliphatic carbocycles. The van der Waals surface area contributed by atoms with E-state index in [2.05, 4.69) is 10.0 Å². The van der Waals surface area contributed by atoms with Crippen molar-refractivity contribution in [3.63, 3.8) is 0 Å². The Balaban J connectivity index is 1.80. The van der Waals surface area contributed by atoms with Crippen molar-refractivity contribution in [3.8, 4) is 28.7 Å². The van der Waals surface area contributed by atoms with Crippen LogP contribution in [0.4, 0.5) is 11.4 Å². The second-order valence-electron chi connectivity index (χ2n) is 7.78. The standard InChI is InChI=1S/C26H30N2O8S/c1-32-19-9-7-18(8-10-19)28-37(30,31)24-16-20(33-2)11-12-21(24)27-25(29)13-6-17-14-22(34-3)26(36-5)23(15-17)35-4/h7-12,14-16,28H,6,13H2,1-5H3,(H,27,29). The van der Waals surface area contributed by atoms with Crippen molar-refractivity contribution < 1.29 is 36.9 Å². The highest BCUT2D eigenvalue weighted by molar-refractivity contribution is 7.92. The number of rotatable bonds is 12. The van der Waals surface area contributed by atoms with E-state index in [1.807, 2.05) is 0 Å². The van der Waals surface area contributed by atoms with Crippen molar-refractivity contribution in [3.05, 3.63) is 60.2 Å². The first-order valence-electron chi connectivity index (χ1n) is 11.2. The number of methoxy groups -OCH3 is 5. The molecular weight excluding hydrogens is 500 g/mol. The molecule has 198 valence electrons. The summed E-state index contributed by atoms with van der Waals surface area (Å²) in [4.78, 5) is 12.7. The molecule has 0 spiro atoms. The van der Waals surface area contributed by atoms with E-state index in [0.717, 1.165) is 5.56 Å². The third kappa shape index (κ3) is 6.76. The molecule has 0 aromatic heterocycles. The number of carbonyl (C=O) groups is 1. The molecule has 11 heteroatoms. The van der Waals surface area contributed by atoms with Gasteiger partial charge < -0.3 is 29.0 Å². The number of benzene rings is 3. The summed E-state index contributed by atoms with van der Waals surface area (Å²) in [6.45, 7) is 0. The fourth-order valence-corrected chi connectivity index (χ4v) is 4.81. The molecule has 3 aromatic carbocycles. The maximum absolute atomic E-state index is 13.2. The smallest absolute Gasteiger partial charge is 0.264 e. The molecule has 2 N–H and O–H groups in total. The maximum Gasteiger partial charge on any atom is 0.264 e. The lowest BCUT2D eigenvalue weighted by molar-refractivity contribution is -0.116. The van der Waals surface area contributed by atoms with Gasteiger partial charge in [-0.3, -0.25) is 9.52 Å². The average Bonchev–Trinajstić information content (AvgIpc) is 2.91. The Morgan fingerprint density at radius 1 is 0.757 bits per heavy atom. The molecule has 0 radical (unpaired) electrons. The minimum Gasteiger partial charge on any atom is -0.497 e. The van der Waals surface area contributed by atoms with E-state index in [0.29, 0.717) is 40.9 Å². The van der Waals surface area contributed by atoms with Gasteiger partial charge in [-0.05, 0) is 60.5 Å². The SMILES string of the molecule is COc1ccc(NS(=O)(=O)c2cc(OC)ccc2NC(=O)CCc2cc(OC)c(OC)c(OC)c2)cc1. The largest absolute Gasteiger partial charge is 0.497 e. The molecule has 37 heavy (non-hydrogen) atoms. The Hall–Kier alpha value is -4.12. The van der Waals surface area contributed by atoms with Gasteiger partial charge in [0.2, 0.25) is 11.7 Å². The van der Waals surface area contributed by atoms with Gasteiger partial charge in [0.15, 0.2) is 11.5 Å². The molecule has 0 saturated carbocycles. The first-order valence-corrected chi connectivity index (χ1v) is 12.7. The van der Waals surface area contributed by atoms with Crippen LogP contribution < -0.4 is 33.7 Å². The zero-order valence-corrected chi connectivity index (χ0v) is 22.1. The van der Waals surface area contributed by atoms with Crippen molar-refractivity contribution in [1.82, 2.24) is 0 Å². The predicted octanol–water partition coefficient (Wildman–Crippen LogP) is 4.10. The number of sulfonamides is 1. The highest BCUT2D eigenvalue weighted by Gasteiger charge is 2.22. The molecule has 1 amide bonds. The van der Waals surface area contributed by atoms with Crippen LogP contribution in [0.1, 0.15) is 12.0 Å². The van der Waals surface area contributed by atoms with Crippen LogP contribution >= 0.6 is 0 Å². The average molecular weight is 531 g/mol. The summed E-state index contributed by atoms with van der Waals surface area (Å²) in [5, 5.41) is 2.70. The Morgan fingerprint density at radius 2 is 1.35 bits per heavy atom. The fraction of sp³-hybridized carbons (Fsp3) is 0.269. The highest BCUT2D eigenvalue weighted by Crippen LogP contribution is 2.38. The molecule has 3 rings (SSSR count). The van der Waals surface area contributed by atoms with Crippen molar-refractivity contribution in [2.45, 2.75) is 17.7 Å². The predicted molar refractivity (Wildman–Crippen MR) is 140 cm³/mol. The third-order valence-electron chi connectivity index (χ3n) is 5.46. The summed E-state index contributed by atoms with van der Waals surface area (Å²) < 4.78 is 55.3. The number of hydrogen-bond donors (Lipinski definition) is 2. The Labute approximate surface area is 216 Å². The monoisotopic (exact) mass is 530 g/mol. The minimum absolute atomic E-state index is 0.0794. The molecule has 0 saturated heterocycles. The first kappa shape index (κ1) is 27.5. The molecule has 0 bridgehead atoms. The van der Waals surface area contributed by atoms with Crippen LogP contribution in [0.2, 0.25) is 0 Å². The van der Waals surface area contributed by atoms with E-state index >= 15 is 0 Å². The molecule has 10 nitrogen and oxygen atoms in total. The van der Waals surface area contributed by atoms with Crippen LogP contribution in [0.15, 0.2) is 59.5 Å². The van der Waals surface area contributed by atoms with E-state index in [4.69, 9.17) is 23.7 Å². The molecule has 0 heterocycles. The zero-order chi connectivity index (χ0) is 27.0. The van der Waals surface area contributed by atoms with E-state index in [1.165, 1.54) is 47.7 Å². The lowest BCUT2D eigenvalue weighted by Gasteiger charge is -2.15. The summed E-state index contributed by atoms with van der Waals surface area (Å²) in [6, 6.07) is 14.3. The summed E-state index contributed by atoms with van der Waals surface area (Å²) in [7, 11) is 3.42. The van der Waals surface area contributed by atoms with E-state index in [9.17, 15) is 13.2 Å². The quantitative estimate of drug-likeness (QED) is 0.359. The normalized spacial score (nSPS) is 10.8. The van der Waals surface area contributed by atoms with Crippen molar-refractivity contribution >= 4 is 27.3 Å². The first-order chi connectivity index (χ1) is 17.7. The Morgan fingerprint density at radius 3 is 1.89 bits per heavy atom. The van der Waals surface area contributed by atoms with Gasteiger partial charge in [0, 0.05) is 18.2 Å². The number of amides is 1. The van der Waals surface area contributed by atoms with Crippen LogP contribution in [0.5, 0.6) is 28.7 Å². The molecule has 0 atom stereocenters. The van der Waals surface area contributed by atoms with Gasteiger partial charge in [-0.2, -0.15) is 0 Å². The van der Waals surface area contributed by atoms with Crippen molar-refractivity contribution in [2.75, 3.05) is 45.6 Å². The molecule has 0 aliphatic rings.